The molecule has 22 heavy (non-hydrogen) atoms. The molecule has 0 radical (unpaired) electrons. The van der Waals surface area contributed by atoms with Crippen LogP contribution in [-0.2, 0) is 21.0 Å². The molecule has 0 unspecified atom stereocenters. The first-order valence-electron chi connectivity index (χ1n) is 7.31. The monoisotopic (exact) mass is 347 g/mol. The standard InChI is InChI=1S/C14H25N3O3S2/c1-3-15-14(16-7-6-13-5-4-11-21-13)17-8-9-20-10-12-22(2,18)19/h4-5,11H,3,6-10,12H2,1-2H3,(H2,15,16,17). The van der Waals surface area contributed by atoms with Gasteiger partial charge >= 0.3 is 0 Å². The van der Waals surface area contributed by atoms with E-state index in [-0.39, 0.29) is 12.4 Å². The Balaban J connectivity index is 2.20. The van der Waals surface area contributed by atoms with Gasteiger partial charge in [0.25, 0.3) is 0 Å². The minimum atomic E-state index is -2.95. The van der Waals surface area contributed by atoms with Crippen LogP contribution in [0.2, 0.25) is 0 Å². The van der Waals surface area contributed by atoms with Crippen LogP contribution in [0, 0.1) is 0 Å². The van der Waals surface area contributed by atoms with E-state index in [0.717, 1.165) is 25.5 Å². The number of thiophene rings is 1. The average Bonchev–Trinajstić information content (AvgIpc) is 2.94. The number of nitrogens with zero attached hydrogens (tertiary/aromatic N) is 1. The van der Waals surface area contributed by atoms with E-state index in [2.05, 4.69) is 27.1 Å². The summed E-state index contributed by atoms with van der Waals surface area (Å²) < 4.78 is 27.2. The Morgan fingerprint density at radius 1 is 1.36 bits per heavy atom. The van der Waals surface area contributed by atoms with Gasteiger partial charge in [-0.1, -0.05) is 6.07 Å². The van der Waals surface area contributed by atoms with Gasteiger partial charge in [0.05, 0.1) is 25.5 Å². The molecule has 2 N–H and O–H groups in total. The first-order chi connectivity index (χ1) is 10.5. The number of sulfone groups is 1. The van der Waals surface area contributed by atoms with E-state index in [9.17, 15) is 8.42 Å². The molecule has 1 rings (SSSR count). The molecular formula is C14H25N3O3S2. The van der Waals surface area contributed by atoms with E-state index in [1.54, 1.807) is 11.3 Å². The van der Waals surface area contributed by atoms with E-state index in [1.165, 1.54) is 11.1 Å². The molecule has 0 aliphatic rings. The summed E-state index contributed by atoms with van der Waals surface area (Å²) in [5.41, 5.74) is 0. The summed E-state index contributed by atoms with van der Waals surface area (Å²) in [6.45, 7) is 4.76. The molecule has 0 fully saturated rings. The molecule has 6 nitrogen and oxygen atoms in total. The number of guanidine groups is 1. The molecule has 126 valence electrons. The molecule has 1 aromatic rings. The third-order valence-corrected chi connectivity index (χ3v) is 4.54. The Morgan fingerprint density at radius 3 is 2.82 bits per heavy atom. The molecule has 1 aromatic heterocycles. The summed E-state index contributed by atoms with van der Waals surface area (Å²) in [5.74, 6) is 0.807. The van der Waals surface area contributed by atoms with Crippen LogP contribution >= 0.6 is 11.3 Å². The SMILES string of the molecule is CCNC(=NCCOCCS(C)(=O)=O)NCCc1cccs1. The lowest BCUT2D eigenvalue weighted by Crippen LogP contribution is -2.38. The van der Waals surface area contributed by atoms with Crippen molar-refractivity contribution in [3.05, 3.63) is 22.4 Å². The number of rotatable bonds is 10. The lowest BCUT2D eigenvalue weighted by molar-refractivity contribution is 0.157. The van der Waals surface area contributed by atoms with E-state index < -0.39 is 9.84 Å². The van der Waals surface area contributed by atoms with Gasteiger partial charge in [-0.15, -0.1) is 11.3 Å². The Hall–Kier alpha value is -1.12. The fraction of sp³-hybridized carbons (Fsp3) is 0.643. The van der Waals surface area contributed by atoms with Crippen molar-refractivity contribution in [1.82, 2.24) is 10.6 Å². The third kappa shape index (κ3) is 9.75. The molecule has 0 bridgehead atoms. The molecule has 0 spiro atoms. The van der Waals surface area contributed by atoms with E-state index in [0.29, 0.717) is 13.2 Å². The Bertz CT molecular complexity index is 528. The van der Waals surface area contributed by atoms with Gasteiger partial charge in [-0.2, -0.15) is 0 Å². The van der Waals surface area contributed by atoms with Crippen molar-refractivity contribution in [2.24, 2.45) is 4.99 Å². The molecule has 0 amide bonds. The van der Waals surface area contributed by atoms with Gasteiger partial charge < -0.3 is 15.4 Å². The number of nitrogens with one attached hydrogen (secondary N) is 2. The smallest absolute Gasteiger partial charge is 0.191 e. The predicted molar refractivity (Wildman–Crippen MR) is 92.5 cm³/mol. The van der Waals surface area contributed by atoms with E-state index >= 15 is 0 Å². The molecule has 0 saturated heterocycles. The maximum absolute atomic E-state index is 10.9. The van der Waals surface area contributed by atoms with Crippen molar-refractivity contribution < 1.29 is 13.2 Å². The minimum Gasteiger partial charge on any atom is -0.378 e. The largest absolute Gasteiger partial charge is 0.378 e. The third-order valence-electron chi connectivity index (χ3n) is 2.69. The zero-order valence-corrected chi connectivity index (χ0v) is 14.8. The second-order valence-corrected chi connectivity index (χ2v) is 8.05. The average molecular weight is 348 g/mol. The van der Waals surface area contributed by atoms with Crippen LogP contribution in [0.25, 0.3) is 0 Å². The second-order valence-electron chi connectivity index (χ2n) is 4.76. The van der Waals surface area contributed by atoms with Gasteiger partial charge in [0.15, 0.2) is 5.96 Å². The van der Waals surface area contributed by atoms with Crippen LogP contribution in [0.1, 0.15) is 11.8 Å². The van der Waals surface area contributed by atoms with Gasteiger partial charge in [0.2, 0.25) is 0 Å². The fourth-order valence-corrected chi connectivity index (χ4v) is 2.76. The van der Waals surface area contributed by atoms with Crippen molar-refractivity contribution in [2.45, 2.75) is 13.3 Å². The van der Waals surface area contributed by atoms with Crippen molar-refractivity contribution in [3.8, 4) is 0 Å². The second kappa shape index (κ2) is 10.6. The summed E-state index contributed by atoms with van der Waals surface area (Å²) in [5, 5.41) is 8.51. The summed E-state index contributed by atoms with van der Waals surface area (Å²) >= 11 is 1.75. The Morgan fingerprint density at radius 2 is 2.18 bits per heavy atom. The predicted octanol–water partition coefficient (Wildman–Crippen LogP) is 0.907. The highest BCUT2D eigenvalue weighted by molar-refractivity contribution is 7.90. The molecule has 0 saturated carbocycles. The van der Waals surface area contributed by atoms with Gasteiger partial charge in [-0.3, -0.25) is 4.99 Å². The lowest BCUT2D eigenvalue weighted by atomic mass is 10.3. The zero-order chi connectivity index (χ0) is 16.3. The fourth-order valence-electron chi connectivity index (χ4n) is 1.64. The summed E-state index contributed by atoms with van der Waals surface area (Å²) in [6.07, 6.45) is 2.17. The first-order valence-corrected chi connectivity index (χ1v) is 10.3. The van der Waals surface area contributed by atoms with Crippen molar-refractivity contribution >= 4 is 27.1 Å². The minimum absolute atomic E-state index is 0.0514. The van der Waals surface area contributed by atoms with Crippen molar-refractivity contribution in [1.29, 1.82) is 0 Å². The van der Waals surface area contributed by atoms with Gasteiger partial charge in [-0.25, -0.2) is 8.42 Å². The highest BCUT2D eigenvalue weighted by Crippen LogP contribution is 2.07. The number of ether oxygens (including phenoxy) is 1. The zero-order valence-electron chi connectivity index (χ0n) is 13.2. The quantitative estimate of drug-likeness (QED) is 0.374. The summed E-state index contributed by atoms with van der Waals surface area (Å²) in [6, 6.07) is 4.17. The topological polar surface area (TPSA) is 79.8 Å². The molecule has 0 aliphatic heterocycles. The first kappa shape index (κ1) is 18.9. The van der Waals surface area contributed by atoms with Gasteiger partial charge in [0, 0.05) is 24.2 Å². The molecule has 1 heterocycles. The highest BCUT2D eigenvalue weighted by atomic mass is 32.2. The summed E-state index contributed by atoms with van der Waals surface area (Å²) in [7, 11) is -2.95. The molecule has 8 heteroatoms. The molecular weight excluding hydrogens is 322 g/mol. The summed E-state index contributed by atoms with van der Waals surface area (Å²) in [4.78, 5) is 5.73. The maximum Gasteiger partial charge on any atom is 0.191 e. The molecule has 0 aromatic carbocycles. The number of hydrogen-bond donors (Lipinski definition) is 2. The van der Waals surface area contributed by atoms with E-state index in [4.69, 9.17) is 4.74 Å². The highest BCUT2D eigenvalue weighted by Gasteiger charge is 2.01. The van der Waals surface area contributed by atoms with Crippen LogP contribution in [-0.4, -0.2) is 59.2 Å². The molecule has 0 aliphatic carbocycles. The normalized spacial score (nSPS) is 12.4. The van der Waals surface area contributed by atoms with Crippen molar-refractivity contribution in [2.75, 3.05) is 44.9 Å². The lowest BCUT2D eigenvalue weighted by Gasteiger charge is -2.10. The number of aliphatic imine (C=N–C) groups is 1. The van der Waals surface area contributed by atoms with Crippen molar-refractivity contribution in [3.63, 3.8) is 0 Å². The molecule has 0 atom stereocenters. The van der Waals surface area contributed by atoms with Gasteiger partial charge in [-0.05, 0) is 24.8 Å². The Labute approximate surface area is 136 Å². The van der Waals surface area contributed by atoms with Gasteiger partial charge in [0.1, 0.15) is 9.84 Å². The Kier molecular flexibility index (Phi) is 9.10. The maximum atomic E-state index is 10.9. The number of hydrogen-bond acceptors (Lipinski definition) is 5. The van der Waals surface area contributed by atoms with Crippen LogP contribution < -0.4 is 10.6 Å². The van der Waals surface area contributed by atoms with Crippen LogP contribution in [0.4, 0.5) is 0 Å². The van der Waals surface area contributed by atoms with Crippen LogP contribution in [0.15, 0.2) is 22.5 Å². The van der Waals surface area contributed by atoms with E-state index in [1.807, 2.05) is 13.0 Å². The van der Waals surface area contributed by atoms with Crippen LogP contribution in [0.3, 0.4) is 0 Å². The van der Waals surface area contributed by atoms with Crippen LogP contribution in [0.5, 0.6) is 0 Å².